The summed E-state index contributed by atoms with van der Waals surface area (Å²) in [4.78, 5) is 28.4. The number of aromatic hydroxyl groups is 1. The molecule has 1 heterocycles. The fourth-order valence-electron chi connectivity index (χ4n) is 2.97. The molecule has 3 amide bonds. The molecule has 2 aromatic rings. The summed E-state index contributed by atoms with van der Waals surface area (Å²) in [6, 6.07) is 12.6. The summed E-state index contributed by atoms with van der Waals surface area (Å²) >= 11 is 0. The van der Waals surface area contributed by atoms with Gasteiger partial charge >= 0.3 is 6.03 Å². The lowest BCUT2D eigenvalue weighted by Gasteiger charge is -2.27. The number of carbonyl (C=O) groups excluding carboxylic acids is 2. The van der Waals surface area contributed by atoms with Crippen LogP contribution in [0.25, 0.3) is 0 Å². The van der Waals surface area contributed by atoms with Gasteiger partial charge in [-0.3, -0.25) is 9.69 Å². The van der Waals surface area contributed by atoms with E-state index in [1.165, 1.54) is 17.0 Å². The number of imide groups is 1. The molecule has 0 saturated carbocycles. The Balaban J connectivity index is 2.07. The molecule has 1 aliphatic rings. The highest BCUT2D eigenvalue weighted by molar-refractivity contribution is 6.30. The Labute approximate surface area is 145 Å². The smallest absolute Gasteiger partial charge is 0.336 e. The van der Waals surface area contributed by atoms with Crippen molar-refractivity contribution in [2.75, 3.05) is 9.80 Å². The van der Waals surface area contributed by atoms with Crippen molar-refractivity contribution in [3.63, 3.8) is 0 Å². The topological polar surface area (TPSA) is 84.6 Å². The first-order valence-electron chi connectivity index (χ1n) is 7.76. The molecule has 0 bridgehead atoms. The van der Waals surface area contributed by atoms with Gasteiger partial charge in [-0.1, -0.05) is 0 Å². The van der Waals surface area contributed by atoms with Gasteiger partial charge in [0, 0.05) is 5.69 Å². The van der Waals surface area contributed by atoms with Gasteiger partial charge in [0.1, 0.15) is 11.3 Å². The van der Waals surface area contributed by atoms with Crippen LogP contribution in [0.5, 0.6) is 5.75 Å². The number of phenols is 1. The quantitative estimate of drug-likeness (QED) is 0.853. The summed E-state index contributed by atoms with van der Waals surface area (Å²) in [7, 11) is 0. The summed E-state index contributed by atoms with van der Waals surface area (Å²) in [5, 5.41) is 18.5. The number of aryl methyl sites for hydroxylation is 1. The van der Waals surface area contributed by atoms with Crippen molar-refractivity contribution in [3.05, 3.63) is 53.6 Å². The van der Waals surface area contributed by atoms with Crippen LogP contribution < -0.4 is 9.80 Å². The molecule has 126 valence electrons. The second kappa shape index (κ2) is 5.64. The number of phenolic OH excluding ortho intramolecular Hbond substituents is 1. The Morgan fingerprint density at radius 3 is 2.20 bits per heavy atom. The van der Waals surface area contributed by atoms with Crippen LogP contribution in [-0.2, 0) is 4.79 Å². The summed E-state index contributed by atoms with van der Waals surface area (Å²) in [5.41, 5.74) is 1.07. The van der Waals surface area contributed by atoms with Crippen LogP contribution >= 0.6 is 0 Å². The Hall–Kier alpha value is -3.33. The molecule has 6 heteroatoms. The lowest BCUT2D eigenvalue weighted by molar-refractivity contribution is -0.120. The second-order valence-corrected chi connectivity index (χ2v) is 6.44. The minimum Gasteiger partial charge on any atom is -0.508 e. The van der Waals surface area contributed by atoms with Crippen molar-refractivity contribution >= 4 is 23.3 Å². The van der Waals surface area contributed by atoms with Gasteiger partial charge in [-0.15, -0.1) is 0 Å². The standard InChI is InChI=1S/C19H17N3O3/c1-12-10-15(5-4-13(12)11-20)21-17(24)19(2,3)22(18(21)25)14-6-8-16(23)9-7-14/h4-10,23H,1-3H3. The number of rotatable bonds is 2. The van der Waals surface area contributed by atoms with Crippen LogP contribution in [0.3, 0.4) is 0 Å². The Bertz CT molecular complexity index is 911. The Morgan fingerprint density at radius 1 is 1.04 bits per heavy atom. The van der Waals surface area contributed by atoms with Crippen LogP contribution in [-0.4, -0.2) is 22.6 Å². The fourth-order valence-corrected chi connectivity index (χ4v) is 2.97. The highest BCUT2D eigenvalue weighted by Crippen LogP contribution is 2.36. The molecule has 1 N–H and O–H groups in total. The van der Waals surface area contributed by atoms with E-state index in [1.54, 1.807) is 51.1 Å². The van der Waals surface area contributed by atoms with Crippen molar-refractivity contribution in [1.82, 2.24) is 0 Å². The van der Waals surface area contributed by atoms with E-state index in [9.17, 15) is 14.7 Å². The summed E-state index contributed by atoms with van der Waals surface area (Å²) in [6.07, 6.45) is 0. The summed E-state index contributed by atoms with van der Waals surface area (Å²) in [5.74, 6) is -0.270. The minimum absolute atomic E-state index is 0.0825. The molecular weight excluding hydrogens is 318 g/mol. The van der Waals surface area contributed by atoms with Gasteiger partial charge in [0.15, 0.2) is 0 Å². The maximum atomic E-state index is 13.0. The molecule has 0 unspecified atom stereocenters. The number of urea groups is 1. The number of amides is 3. The number of nitriles is 1. The first-order valence-corrected chi connectivity index (χ1v) is 7.76. The zero-order chi connectivity index (χ0) is 18.4. The van der Waals surface area contributed by atoms with Crippen molar-refractivity contribution in [1.29, 1.82) is 5.26 Å². The number of benzene rings is 2. The van der Waals surface area contributed by atoms with Crippen molar-refractivity contribution in [2.45, 2.75) is 26.3 Å². The Morgan fingerprint density at radius 2 is 1.64 bits per heavy atom. The van der Waals surface area contributed by atoms with E-state index in [2.05, 4.69) is 6.07 Å². The number of anilines is 2. The molecule has 1 fully saturated rings. The summed E-state index contributed by atoms with van der Waals surface area (Å²) in [6.45, 7) is 5.11. The van der Waals surface area contributed by atoms with E-state index >= 15 is 0 Å². The van der Waals surface area contributed by atoms with Crippen LogP contribution in [0.15, 0.2) is 42.5 Å². The molecule has 6 nitrogen and oxygen atoms in total. The molecule has 25 heavy (non-hydrogen) atoms. The molecule has 1 saturated heterocycles. The molecule has 2 aromatic carbocycles. The zero-order valence-electron chi connectivity index (χ0n) is 14.1. The molecule has 0 aliphatic carbocycles. The van der Waals surface area contributed by atoms with E-state index in [0.717, 1.165) is 4.90 Å². The van der Waals surface area contributed by atoms with Crippen molar-refractivity contribution < 1.29 is 14.7 Å². The third kappa shape index (κ3) is 2.50. The first-order chi connectivity index (χ1) is 11.8. The molecule has 1 aliphatic heterocycles. The number of carbonyl (C=O) groups is 2. The average Bonchev–Trinajstić information content (AvgIpc) is 2.74. The number of hydrogen-bond donors (Lipinski definition) is 1. The van der Waals surface area contributed by atoms with E-state index in [1.807, 2.05) is 0 Å². The van der Waals surface area contributed by atoms with Crippen molar-refractivity contribution in [3.8, 4) is 11.8 Å². The van der Waals surface area contributed by atoms with E-state index < -0.39 is 11.6 Å². The van der Waals surface area contributed by atoms with Crippen molar-refractivity contribution in [2.24, 2.45) is 0 Å². The van der Waals surface area contributed by atoms with Gasteiger partial charge < -0.3 is 5.11 Å². The lowest BCUT2D eigenvalue weighted by Crippen LogP contribution is -2.44. The SMILES string of the molecule is Cc1cc(N2C(=O)N(c3ccc(O)cc3)C(C)(C)C2=O)ccc1C#N. The lowest BCUT2D eigenvalue weighted by atomic mass is 10.0. The summed E-state index contributed by atoms with van der Waals surface area (Å²) < 4.78 is 0. The van der Waals surface area contributed by atoms with Gasteiger partial charge in [0.25, 0.3) is 5.91 Å². The molecular formula is C19H17N3O3. The average molecular weight is 335 g/mol. The monoisotopic (exact) mass is 335 g/mol. The van der Waals surface area contributed by atoms with E-state index in [4.69, 9.17) is 5.26 Å². The van der Waals surface area contributed by atoms with Gasteiger partial charge in [0.2, 0.25) is 0 Å². The van der Waals surface area contributed by atoms with Crippen LogP contribution in [0, 0.1) is 18.3 Å². The van der Waals surface area contributed by atoms with E-state index in [0.29, 0.717) is 22.5 Å². The van der Waals surface area contributed by atoms with Gasteiger partial charge in [-0.05, 0) is 68.8 Å². The molecule has 0 aromatic heterocycles. The maximum Gasteiger partial charge on any atom is 0.336 e. The van der Waals surface area contributed by atoms with Crippen LogP contribution in [0.4, 0.5) is 16.2 Å². The number of nitrogens with zero attached hydrogens (tertiary/aromatic N) is 3. The van der Waals surface area contributed by atoms with Gasteiger partial charge in [-0.25, -0.2) is 9.69 Å². The van der Waals surface area contributed by atoms with Gasteiger partial charge in [0.05, 0.1) is 17.3 Å². The van der Waals surface area contributed by atoms with Crippen LogP contribution in [0.2, 0.25) is 0 Å². The molecule has 0 spiro atoms. The maximum absolute atomic E-state index is 13.0. The first kappa shape index (κ1) is 16.5. The molecule has 0 radical (unpaired) electrons. The predicted octanol–water partition coefficient (Wildman–Crippen LogP) is 3.32. The zero-order valence-corrected chi connectivity index (χ0v) is 14.1. The Kier molecular flexibility index (Phi) is 3.73. The van der Waals surface area contributed by atoms with Crippen LogP contribution in [0.1, 0.15) is 25.0 Å². The third-order valence-electron chi connectivity index (χ3n) is 4.36. The normalized spacial score (nSPS) is 16.2. The van der Waals surface area contributed by atoms with E-state index in [-0.39, 0.29) is 11.7 Å². The largest absolute Gasteiger partial charge is 0.508 e. The van der Waals surface area contributed by atoms with Gasteiger partial charge in [-0.2, -0.15) is 5.26 Å². The molecule has 0 atom stereocenters. The second-order valence-electron chi connectivity index (χ2n) is 6.44. The molecule has 3 rings (SSSR count). The number of hydrogen-bond acceptors (Lipinski definition) is 4. The predicted molar refractivity (Wildman–Crippen MR) is 93.4 cm³/mol. The highest BCUT2D eigenvalue weighted by atomic mass is 16.3. The highest BCUT2D eigenvalue weighted by Gasteiger charge is 2.52. The fraction of sp³-hybridized carbons (Fsp3) is 0.211. The minimum atomic E-state index is -1.07. The third-order valence-corrected chi connectivity index (χ3v) is 4.36.